The van der Waals surface area contributed by atoms with Crippen LogP contribution < -0.4 is 4.84 Å². The second-order valence-corrected chi connectivity index (χ2v) is 2.55. The Labute approximate surface area is 66.3 Å². The van der Waals surface area contributed by atoms with Gasteiger partial charge in [-0.2, -0.15) is 0 Å². The zero-order chi connectivity index (χ0) is 8.10. The van der Waals surface area contributed by atoms with Crippen molar-refractivity contribution in [2.75, 3.05) is 27.2 Å². The molecule has 0 bridgehead atoms. The number of hydrogen-bond donors (Lipinski definition) is 0. The van der Waals surface area contributed by atoms with Crippen LogP contribution in [0.15, 0.2) is 18.5 Å². The fraction of sp³-hybridized carbons (Fsp3) is 0.571. The predicted molar refractivity (Wildman–Crippen MR) is 42.2 cm³/mol. The lowest BCUT2D eigenvalue weighted by atomic mass is 10.6. The van der Waals surface area contributed by atoms with Gasteiger partial charge in [-0.05, 0) is 20.2 Å². The molecule has 4 nitrogen and oxygen atoms in total. The minimum atomic E-state index is 0.661. The highest BCUT2D eigenvalue weighted by Crippen LogP contribution is 1.79. The smallest absolute Gasteiger partial charge is 0.129 e. The first-order valence-electron chi connectivity index (χ1n) is 3.56. The lowest BCUT2D eigenvalue weighted by molar-refractivity contribution is 0.0716. The summed E-state index contributed by atoms with van der Waals surface area (Å²) in [5.74, 6) is 0. The van der Waals surface area contributed by atoms with Crippen molar-refractivity contribution in [2.24, 2.45) is 0 Å². The molecule has 0 saturated heterocycles. The Kier molecular flexibility index (Phi) is 2.92. The van der Waals surface area contributed by atoms with Crippen LogP contribution in [-0.2, 0) is 0 Å². The maximum absolute atomic E-state index is 5.22. The maximum atomic E-state index is 5.22. The van der Waals surface area contributed by atoms with Crippen LogP contribution in [0.5, 0.6) is 0 Å². The van der Waals surface area contributed by atoms with Crippen LogP contribution in [0.1, 0.15) is 0 Å². The number of aromatic nitrogens is 2. The molecule has 0 aromatic carbocycles. The van der Waals surface area contributed by atoms with E-state index < -0.39 is 0 Å². The fourth-order valence-electron chi connectivity index (χ4n) is 0.648. The molecule has 4 heteroatoms. The van der Waals surface area contributed by atoms with E-state index >= 15 is 0 Å². The molecule has 0 N–H and O–H groups in total. The summed E-state index contributed by atoms with van der Waals surface area (Å²) in [5.41, 5.74) is 0. The molecule has 1 heterocycles. The van der Waals surface area contributed by atoms with Crippen LogP contribution in [0.2, 0.25) is 0 Å². The molecule has 62 valence electrons. The molecule has 0 spiro atoms. The summed E-state index contributed by atoms with van der Waals surface area (Å²) < 4.78 is 0. The van der Waals surface area contributed by atoms with Crippen LogP contribution in [0.4, 0.5) is 0 Å². The standard InChI is InChI=1S/C7H13N3O/c1-9(2)6-7-11-10-5-3-4-8-10/h3-5H,6-7H2,1-2H3. The highest BCUT2D eigenvalue weighted by molar-refractivity contribution is 4.75. The van der Waals surface area contributed by atoms with Gasteiger partial charge in [0.2, 0.25) is 0 Å². The van der Waals surface area contributed by atoms with Crippen molar-refractivity contribution in [3.63, 3.8) is 0 Å². The Morgan fingerprint density at radius 1 is 1.55 bits per heavy atom. The van der Waals surface area contributed by atoms with Crippen molar-refractivity contribution in [1.29, 1.82) is 0 Å². The Balaban J connectivity index is 2.14. The molecule has 11 heavy (non-hydrogen) atoms. The minimum absolute atomic E-state index is 0.661. The highest BCUT2D eigenvalue weighted by atomic mass is 16.7. The molecular formula is C7H13N3O. The number of likely N-dealkylation sites (N-methyl/N-ethyl adjacent to an activating group) is 1. The van der Waals surface area contributed by atoms with Gasteiger partial charge in [-0.1, -0.05) is 0 Å². The van der Waals surface area contributed by atoms with Crippen molar-refractivity contribution in [3.8, 4) is 0 Å². The third-order valence-corrected chi connectivity index (χ3v) is 1.24. The summed E-state index contributed by atoms with van der Waals surface area (Å²) in [6.07, 6.45) is 3.46. The van der Waals surface area contributed by atoms with Crippen molar-refractivity contribution in [2.45, 2.75) is 0 Å². The van der Waals surface area contributed by atoms with Gasteiger partial charge in [-0.25, -0.2) is 0 Å². The van der Waals surface area contributed by atoms with E-state index in [1.807, 2.05) is 20.2 Å². The normalized spacial score (nSPS) is 10.5. The monoisotopic (exact) mass is 155 g/mol. The van der Waals surface area contributed by atoms with Crippen LogP contribution in [-0.4, -0.2) is 42.1 Å². The van der Waals surface area contributed by atoms with E-state index in [-0.39, 0.29) is 0 Å². The summed E-state index contributed by atoms with van der Waals surface area (Å²) >= 11 is 0. The summed E-state index contributed by atoms with van der Waals surface area (Å²) in [5, 5.41) is 3.89. The quantitative estimate of drug-likeness (QED) is 0.607. The lowest BCUT2D eigenvalue weighted by Gasteiger charge is -2.09. The molecular weight excluding hydrogens is 142 g/mol. The largest absolute Gasteiger partial charge is 0.395 e. The van der Waals surface area contributed by atoms with E-state index in [0.717, 1.165) is 6.54 Å². The van der Waals surface area contributed by atoms with E-state index in [4.69, 9.17) is 4.84 Å². The summed E-state index contributed by atoms with van der Waals surface area (Å²) in [6.45, 7) is 1.56. The van der Waals surface area contributed by atoms with E-state index in [2.05, 4.69) is 10.00 Å². The molecule has 0 radical (unpaired) electrons. The Hall–Kier alpha value is -1.03. The van der Waals surface area contributed by atoms with Gasteiger partial charge in [-0.15, -0.1) is 9.94 Å². The Bertz CT molecular complexity index is 184. The van der Waals surface area contributed by atoms with Crippen LogP contribution >= 0.6 is 0 Å². The third-order valence-electron chi connectivity index (χ3n) is 1.24. The van der Waals surface area contributed by atoms with Crippen molar-refractivity contribution < 1.29 is 4.84 Å². The van der Waals surface area contributed by atoms with E-state index in [9.17, 15) is 0 Å². The molecule has 0 aliphatic heterocycles. The number of rotatable bonds is 4. The topological polar surface area (TPSA) is 30.3 Å². The van der Waals surface area contributed by atoms with Gasteiger partial charge >= 0.3 is 0 Å². The zero-order valence-electron chi connectivity index (χ0n) is 6.90. The molecule has 1 rings (SSSR count). The first kappa shape index (κ1) is 8.07. The molecule has 0 atom stereocenters. The molecule has 0 aliphatic carbocycles. The number of nitrogens with zero attached hydrogens (tertiary/aromatic N) is 3. The van der Waals surface area contributed by atoms with E-state index in [1.54, 1.807) is 12.4 Å². The Morgan fingerprint density at radius 2 is 2.36 bits per heavy atom. The first-order valence-corrected chi connectivity index (χ1v) is 3.56. The fourth-order valence-corrected chi connectivity index (χ4v) is 0.648. The number of hydrogen-bond acceptors (Lipinski definition) is 3. The SMILES string of the molecule is CN(C)CCOn1cccn1. The van der Waals surface area contributed by atoms with Crippen molar-refractivity contribution in [1.82, 2.24) is 14.8 Å². The molecule has 0 unspecified atom stereocenters. The van der Waals surface area contributed by atoms with Crippen LogP contribution in [0, 0.1) is 0 Å². The van der Waals surface area contributed by atoms with Gasteiger partial charge in [0.15, 0.2) is 0 Å². The van der Waals surface area contributed by atoms with Crippen molar-refractivity contribution >= 4 is 0 Å². The maximum Gasteiger partial charge on any atom is 0.129 e. The summed E-state index contributed by atoms with van der Waals surface area (Å²) in [6, 6.07) is 1.83. The molecule has 1 aromatic rings. The van der Waals surface area contributed by atoms with Crippen LogP contribution in [0.3, 0.4) is 0 Å². The second-order valence-electron chi connectivity index (χ2n) is 2.55. The zero-order valence-corrected chi connectivity index (χ0v) is 6.90. The van der Waals surface area contributed by atoms with E-state index in [1.165, 1.54) is 4.85 Å². The van der Waals surface area contributed by atoms with Gasteiger partial charge in [0, 0.05) is 6.54 Å². The van der Waals surface area contributed by atoms with Gasteiger partial charge < -0.3 is 9.74 Å². The van der Waals surface area contributed by atoms with Gasteiger partial charge in [0.05, 0.1) is 12.4 Å². The average molecular weight is 155 g/mol. The molecule has 0 aliphatic rings. The average Bonchev–Trinajstić information content (AvgIpc) is 2.39. The van der Waals surface area contributed by atoms with E-state index in [0.29, 0.717) is 6.61 Å². The third kappa shape index (κ3) is 3.04. The second kappa shape index (κ2) is 3.98. The van der Waals surface area contributed by atoms with Crippen LogP contribution in [0.25, 0.3) is 0 Å². The van der Waals surface area contributed by atoms with Crippen molar-refractivity contribution in [3.05, 3.63) is 18.5 Å². The summed E-state index contributed by atoms with van der Waals surface area (Å²) in [4.78, 5) is 8.74. The molecule has 0 fully saturated rings. The minimum Gasteiger partial charge on any atom is -0.395 e. The molecule has 1 aromatic heterocycles. The first-order chi connectivity index (χ1) is 5.29. The van der Waals surface area contributed by atoms with Gasteiger partial charge in [0.25, 0.3) is 0 Å². The van der Waals surface area contributed by atoms with Gasteiger partial charge in [-0.3, -0.25) is 0 Å². The lowest BCUT2D eigenvalue weighted by Crippen LogP contribution is -2.24. The summed E-state index contributed by atoms with van der Waals surface area (Å²) in [7, 11) is 4.01. The molecule has 0 amide bonds. The molecule has 0 saturated carbocycles. The Morgan fingerprint density at radius 3 is 2.91 bits per heavy atom. The highest BCUT2D eigenvalue weighted by Gasteiger charge is 1.91. The van der Waals surface area contributed by atoms with Gasteiger partial charge in [0.1, 0.15) is 6.61 Å². The predicted octanol–water partition coefficient (Wildman–Crippen LogP) is -0.127.